The van der Waals surface area contributed by atoms with Gasteiger partial charge in [0.1, 0.15) is 0 Å². The van der Waals surface area contributed by atoms with E-state index in [9.17, 15) is 9.90 Å². The summed E-state index contributed by atoms with van der Waals surface area (Å²) in [6.45, 7) is 3.33. The summed E-state index contributed by atoms with van der Waals surface area (Å²) in [5.74, 6) is 0.370. The molecule has 0 spiro atoms. The maximum Gasteiger partial charge on any atom is 0.251 e. The van der Waals surface area contributed by atoms with Gasteiger partial charge >= 0.3 is 0 Å². The van der Waals surface area contributed by atoms with Gasteiger partial charge in [-0.2, -0.15) is 0 Å². The van der Waals surface area contributed by atoms with Crippen LogP contribution in [0.1, 0.15) is 53.3 Å². The van der Waals surface area contributed by atoms with Gasteiger partial charge < -0.3 is 10.4 Å². The Morgan fingerprint density at radius 1 is 1.13 bits per heavy atom. The third-order valence-corrected chi connectivity index (χ3v) is 6.49. The summed E-state index contributed by atoms with van der Waals surface area (Å²) < 4.78 is 0. The molecule has 1 aliphatic heterocycles. The molecule has 0 bridgehead atoms. The predicted octanol–water partition coefficient (Wildman–Crippen LogP) is 3.65. The van der Waals surface area contributed by atoms with Gasteiger partial charge in [0.2, 0.25) is 0 Å². The fourth-order valence-electron chi connectivity index (χ4n) is 4.53. The second-order valence-electron chi connectivity index (χ2n) is 8.59. The number of pyridine rings is 1. The molecule has 3 atom stereocenters. The number of aliphatic hydroxyl groups is 1. The van der Waals surface area contributed by atoms with Gasteiger partial charge in [-0.3, -0.25) is 14.7 Å². The maximum atomic E-state index is 12.8. The Morgan fingerprint density at radius 2 is 1.93 bits per heavy atom. The smallest absolute Gasteiger partial charge is 0.251 e. The molecule has 1 saturated carbocycles. The number of carbonyl (C=O) groups is 1. The van der Waals surface area contributed by atoms with Gasteiger partial charge in [0, 0.05) is 42.5 Å². The average Bonchev–Trinajstić information content (AvgIpc) is 3.57. The number of aromatic nitrogens is 1. The second-order valence-corrected chi connectivity index (χ2v) is 8.59. The van der Waals surface area contributed by atoms with E-state index in [1.807, 2.05) is 6.07 Å². The highest BCUT2D eigenvalue weighted by Gasteiger charge is 2.35. The van der Waals surface area contributed by atoms with Crippen LogP contribution >= 0.6 is 0 Å². The van der Waals surface area contributed by atoms with Crippen molar-refractivity contribution in [1.29, 1.82) is 0 Å². The van der Waals surface area contributed by atoms with E-state index in [1.54, 1.807) is 12.3 Å². The lowest BCUT2D eigenvalue weighted by atomic mass is 9.99. The largest absolute Gasteiger partial charge is 0.390 e. The molecular weight excluding hydrogens is 374 g/mol. The molecule has 2 heterocycles. The maximum absolute atomic E-state index is 12.8. The molecule has 30 heavy (non-hydrogen) atoms. The molecule has 0 radical (unpaired) electrons. The highest BCUT2D eigenvalue weighted by Crippen LogP contribution is 2.39. The number of fused-ring (bicyclic) bond motifs is 1. The fourth-order valence-corrected chi connectivity index (χ4v) is 4.53. The summed E-state index contributed by atoms with van der Waals surface area (Å²) in [6.07, 6.45) is 3.43. The quantitative estimate of drug-likeness (QED) is 0.685. The lowest BCUT2D eigenvalue weighted by molar-refractivity contribution is 0.0888. The van der Waals surface area contributed by atoms with Crippen LogP contribution in [0.3, 0.4) is 0 Å². The Kier molecular flexibility index (Phi) is 5.01. The Balaban J connectivity index is 1.30. The molecule has 1 aromatic heterocycles. The van der Waals surface area contributed by atoms with E-state index in [4.69, 9.17) is 0 Å². The molecule has 1 unspecified atom stereocenters. The first-order chi connectivity index (χ1) is 14.6. The van der Waals surface area contributed by atoms with Gasteiger partial charge in [-0.25, -0.2) is 0 Å². The standard InChI is InChI=1S/C25H27N3O2/c1-16(20-8-4-6-17-5-2-3-7-21(17)20)28-14-23(24(29)15-28)27-25(30)19-11-12-26-22(13-19)18-9-10-18/h2-8,11-13,16,18,23-24,29H,9-10,14-15H2,1H3,(H,27,30)/t16?,23-,24+/m0/s1. The molecule has 3 aromatic rings. The summed E-state index contributed by atoms with van der Waals surface area (Å²) in [7, 11) is 0. The van der Waals surface area contributed by atoms with Gasteiger partial charge in [-0.1, -0.05) is 42.5 Å². The zero-order chi connectivity index (χ0) is 20.7. The molecule has 1 amide bonds. The summed E-state index contributed by atoms with van der Waals surface area (Å²) >= 11 is 0. The Morgan fingerprint density at radius 3 is 2.77 bits per heavy atom. The molecule has 2 fully saturated rings. The van der Waals surface area contributed by atoms with E-state index in [2.05, 4.69) is 64.6 Å². The molecule has 5 nitrogen and oxygen atoms in total. The molecular formula is C25H27N3O2. The van der Waals surface area contributed by atoms with Crippen LogP contribution in [0.5, 0.6) is 0 Å². The van der Waals surface area contributed by atoms with Gasteiger partial charge in [0.05, 0.1) is 12.1 Å². The third-order valence-electron chi connectivity index (χ3n) is 6.49. The third kappa shape index (κ3) is 3.71. The van der Waals surface area contributed by atoms with Crippen molar-refractivity contribution in [3.63, 3.8) is 0 Å². The second kappa shape index (κ2) is 7.82. The van der Waals surface area contributed by atoms with Gasteiger partial charge in [0.25, 0.3) is 5.91 Å². The average molecular weight is 402 g/mol. The van der Waals surface area contributed by atoms with E-state index in [0.717, 1.165) is 18.5 Å². The topological polar surface area (TPSA) is 65.5 Å². The minimum absolute atomic E-state index is 0.136. The summed E-state index contributed by atoms with van der Waals surface area (Å²) in [5, 5.41) is 16.1. The van der Waals surface area contributed by atoms with E-state index in [0.29, 0.717) is 24.6 Å². The molecule has 2 aromatic carbocycles. The Labute approximate surface area is 176 Å². The first-order valence-electron chi connectivity index (χ1n) is 10.8. The molecule has 5 heteroatoms. The Hall–Kier alpha value is -2.76. The molecule has 154 valence electrons. The minimum atomic E-state index is -0.587. The van der Waals surface area contributed by atoms with E-state index >= 15 is 0 Å². The monoisotopic (exact) mass is 401 g/mol. The zero-order valence-corrected chi connectivity index (χ0v) is 17.2. The number of carbonyl (C=O) groups excluding carboxylic acids is 1. The van der Waals surface area contributed by atoms with E-state index < -0.39 is 6.10 Å². The van der Waals surface area contributed by atoms with Crippen molar-refractivity contribution in [2.45, 2.75) is 43.9 Å². The zero-order valence-electron chi connectivity index (χ0n) is 17.2. The number of aliphatic hydroxyl groups excluding tert-OH is 1. The van der Waals surface area contributed by atoms with E-state index in [1.165, 1.54) is 16.3 Å². The SMILES string of the molecule is CC(c1cccc2ccccc12)N1C[C@@H](O)[C@@H](NC(=O)c2ccnc(C3CC3)c2)C1. The van der Waals surface area contributed by atoms with Crippen LogP contribution in [0.15, 0.2) is 60.8 Å². The number of β-amino-alcohol motifs (C(OH)–C–C–N with tert-alkyl or cyclic N) is 1. The van der Waals surface area contributed by atoms with Crippen LogP contribution in [-0.4, -0.2) is 46.1 Å². The number of amides is 1. The first-order valence-corrected chi connectivity index (χ1v) is 10.8. The molecule has 1 aliphatic carbocycles. The number of likely N-dealkylation sites (tertiary alicyclic amines) is 1. The van der Waals surface area contributed by atoms with Gasteiger partial charge in [-0.15, -0.1) is 0 Å². The van der Waals surface area contributed by atoms with E-state index in [-0.39, 0.29) is 18.0 Å². The summed E-state index contributed by atoms with van der Waals surface area (Å²) in [6, 6.07) is 18.2. The summed E-state index contributed by atoms with van der Waals surface area (Å²) in [4.78, 5) is 19.4. The van der Waals surface area contributed by atoms with Crippen LogP contribution in [0.2, 0.25) is 0 Å². The number of nitrogens with zero attached hydrogens (tertiary/aromatic N) is 2. The number of hydrogen-bond acceptors (Lipinski definition) is 4. The van der Waals surface area contributed by atoms with Crippen molar-refractivity contribution in [3.05, 3.63) is 77.6 Å². The first kappa shape index (κ1) is 19.2. The van der Waals surface area contributed by atoms with Crippen LogP contribution < -0.4 is 5.32 Å². The molecule has 5 rings (SSSR count). The Bertz CT molecular complexity index is 1070. The highest BCUT2D eigenvalue weighted by molar-refractivity contribution is 5.94. The molecule has 2 aliphatic rings. The van der Waals surface area contributed by atoms with Crippen molar-refractivity contribution in [3.8, 4) is 0 Å². The molecule has 1 saturated heterocycles. The van der Waals surface area contributed by atoms with Crippen molar-refractivity contribution in [2.24, 2.45) is 0 Å². The normalized spacial score (nSPS) is 22.9. The van der Waals surface area contributed by atoms with Crippen molar-refractivity contribution >= 4 is 16.7 Å². The lowest BCUT2D eigenvalue weighted by Crippen LogP contribution is -2.43. The fraction of sp³-hybridized carbons (Fsp3) is 0.360. The number of hydrogen-bond donors (Lipinski definition) is 2. The molecule has 2 N–H and O–H groups in total. The van der Waals surface area contributed by atoms with Crippen molar-refractivity contribution in [2.75, 3.05) is 13.1 Å². The van der Waals surface area contributed by atoms with Crippen LogP contribution in [0.4, 0.5) is 0 Å². The highest BCUT2D eigenvalue weighted by atomic mass is 16.3. The van der Waals surface area contributed by atoms with Crippen LogP contribution in [-0.2, 0) is 0 Å². The predicted molar refractivity (Wildman–Crippen MR) is 117 cm³/mol. The van der Waals surface area contributed by atoms with Crippen LogP contribution in [0.25, 0.3) is 10.8 Å². The lowest BCUT2D eigenvalue weighted by Gasteiger charge is -2.25. The van der Waals surface area contributed by atoms with Crippen molar-refractivity contribution in [1.82, 2.24) is 15.2 Å². The van der Waals surface area contributed by atoms with Gasteiger partial charge in [0.15, 0.2) is 0 Å². The minimum Gasteiger partial charge on any atom is -0.390 e. The number of benzene rings is 2. The van der Waals surface area contributed by atoms with Crippen molar-refractivity contribution < 1.29 is 9.90 Å². The number of rotatable bonds is 5. The van der Waals surface area contributed by atoms with Gasteiger partial charge in [-0.05, 0) is 48.2 Å². The number of nitrogens with one attached hydrogen (secondary N) is 1. The van der Waals surface area contributed by atoms with Crippen LogP contribution in [0, 0.1) is 0 Å². The summed E-state index contributed by atoms with van der Waals surface area (Å²) in [5.41, 5.74) is 2.87.